The summed E-state index contributed by atoms with van der Waals surface area (Å²) in [6.07, 6.45) is 0.939. The highest BCUT2D eigenvalue weighted by Crippen LogP contribution is 2.23. The molecule has 82 valence electrons. The fourth-order valence-electron chi connectivity index (χ4n) is 1.66. The first kappa shape index (κ1) is 10.7. The third-order valence-electron chi connectivity index (χ3n) is 2.47. The lowest BCUT2D eigenvalue weighted by Crippen LogP contribution is -2.41. The van der Waals surface area contributed by atoms with Gasteiger partial charge in [-0.25, -0.2) is 0 Å². The summed E-state index contributed by atoms with van der Waals surface area (Å²) in [6, 6.07) is 3.46. The van der Waals surface area contributed by atoms with Crippen molar-refractivity contribution in [3.63, 3.8) is 0 Å². The van der Waals surface area contributed by atoms with Gasteiger partial charge in [-0.05, 0) is 41.9 Å². The van der Waals surface area contributed by atoms with Crippen molar-refractivity contribution in [3.05, 3.63) is 16.8 Å². The van der Waals surface area contributed by atoms with Crippen molar-refractivity contribution >= 4 is 27.7 Å². The molecule has 4 nitrogen and oxygen atoms in total. The van der Waals surface area contributed by atoms with E-state index >= 15 is 0 Å². The Bertz CT molecular complexity index is 364. The van der Waals surface area contributed by atoms with Gasteiger partial charge in [0.25, 0.3) is 0 Å². The van der Waals surface area contributed by atoms with E-state index in [2.05, 4.69) is 21.2 Å². The number of rotatable bonds is 1. The van der Waals surface area contributed by atoms with Crippen molar-refractivity contribution in [2.75, 3.05) is 18.0 Å². The Morgan fingerprint density at radius 3 is 3.07 bits per heavy atom. The molecule has 1 aliphatic rings. The van der Waals surface area contributed by atoms with Crippen LogP contribution in [0.1, 0.15) is 13.3 Å². The summed E-state index contributed by atoms with van der Waals surface area (Å²) in [7, 11) is 0. The maximum absolute atomic E-state index is 11.9. The Morgan fingerprint density at radius 1 is 1.60 bits per heavy atom. The Hall–Kier alpha value is -0.810. The molecule has 0 saturated carbocycles. The molecule has 15 heavy (non-hydrogen) atoms. The molecular formula is C10H13BrN2O2. The van der Waals surface area contributed by atoms with Gasteiger partial charge in [-0.1, -0.05) is 0 Å². The van der Waals surface area contributed by atoms with Crippen molar-refractivity contribution in [1.82, 2.24) is 5.32 Å². The van der Waals surface area contributed by atoms with Crippen molar-refractivity contribution in [2.24, 2.45) is 0 Å². The van der Waals surface area contributed by atoms with Crippen LogP contribution in [-0.2, 0) is 4.79 Å². The maximum Gasteiger partial charge on any atom is 0.246 e. The molecule has 1 N–H and O–H groups in total. The zero-order valence-corrected chi connectivity index (χ0v) is 10.1. The zero-order valence-electron chi connectivity index (χ0n) is 8.50. The molecule has 1 aromatic heterocycles. The van der Waals surface area contributed by atoms with E-state index in [1.165, 1.54) is 0 Å². The molecule has 1 saturated heterocycles. The number of hydrogen-bond acceptors (Lipinski definition) is 3. The molecule has 0 radical (unpaired) electrons. The Kier molecular flexibility index (Phi) is 3.11. The molecule has 0 aliphatic carbocycles. The quantitative estimate of drug-likeness (QED) is 0.848. The van der Waals surface area contributed by atoms with Crippen molar-refractivity contribution in [1.29, 1.82) is 0 Å². The van der Waals surface area contributed by atoms with Gasteiger partial charge in [-0.3, -0.25) is 9.69 Å². The number of nitrogens with zero attached hydrogens (tertiary/aromatic N) is 1. The van der Waals surface area contributed by atoms with Crippen LogP contribution in [0.3, 0.4) is 0 Å². The second-order valence-corrected chi connectivity index (χ2v) is 4.38. The van der Waals surface area contributed by atoms with E-state index in [9.17, 15) is 4.79 Å². The fourth-order valence-corrected chi connectivity index (χ4v) is 1.95. The first-order chi connectivity index (χ1) is 7.18. The van der Waals surface area contributed by atoms with Crippen LogP contribution < -0.4 is 10.2 Å². The van der Waals surface area contributed by atoms with Gasteiger partial charge in [0.15, 0.2) is 4.67 Å². The third kappa shape index (κ3) is 2.23. The second-order valence-electron chi connectivity index (χ2n) is 3.60. The zero-order chi connectivity index (χ0) is 10.8. The van der Waals surface area contributed by atoms with Crippen LogP contribution in [-0.4, -0.2) is 25.0 Å². The van der Waals surface area contributed by atoms with Crippen molar-refractivity contribution < 1.29 is 9.21 Å². The normalized spacial score (nSPS) is 22.9. The molecule has 1 fully saturated rings. The van der Waals surface area contributed by atoms with Crippen LogP contribution in [0.2, 0.25) is 0 Å². The lowest BCUT2D eigenvalue weighted by Gasteiger charge is -2.19. The van der Waals surface area contributed by atoms with Gasteiger partial charge in [0.1, 0.15) is 0 Å². The summed E-state index contributed by atoms with van der Waals surface area (Å²) >= 11 is 3.23. The number of halogens is 1. The highest BCUT2D eigenvalue weighted by atomic mass is 79.9. The summed E-state index contributed by atoms with van der Waals surface area (Å²) in [4.78, 5) is 13.6. The van der Waals surface area contributed by atoms with Crippen LogP contribution in [0.15, 0.2) is 21.2 Å². The molecule has 0 spiro atoms. The predicted octanol–water partition coefficient (Wildman–Crippen LogP) is 1.76. The summed E-state index contributed by atoms with van der Waals surface area (Å²) in [6.45, 7) is 3.44. The van der Waals surface area contributed by atoms with Crippen LogP contribution in [0.25, 0.3) is 0 Å². The Balaban J connectivity index is 2.22. The summed E-state index contributed by atoms with van der Waals surface area (Å²) < 4.78 is 6.04. The number of carbonyl (C=O) groups excluding carboxylic acids is 1. The van der Waals surface area contributed by atoms with Crippen LogP contribution >= 0.6 is 15.9 Å². The lowest BCUT2D eigenvalue weighted by atomic mass is 10.3. The third-order valence-corrected chi connectivity index (χ3v) is 2.90. The molecule has 1 unspecified atom stereocenters. The largest absolute Gasteiger partial charge is 0.433 e. The van der Waals surface area contributed by atoms with E-state index in [0.29, 0.717) is 17.1 Å². The van der Waals surface area contributed by atoms with Gasteiger partial charge in [-0.15, -0.1) is 0 Å². The van der Waals surface area contributed by atoms with Gasteiger partial charge in [0, 0.05) is 12.6 Å². The number of furan rings is 1. The smallest absolute Gasteiger partial charge is 0.246 e. The van der Waals surface area contributed by atoms with Crippen LogP contribution in [0, 0.1) is 0 Å². The number of hydrogen-bond donors (Lipinski definition) is 1. The standard InChI is InChI=1S/C10H13BrN2O2/c1-7-10(14)13(6-2-5-12-7)9-4-3-8(11)15-9/h3-4,7,12H,2,5-6H2,1H3. The van der Waals surface area contributed by atoms with Crippen LogP contribution in [0.4, 0.5) is 5.88 Å². The molecule has 1 aliphatic heterocycles. The Morgan fingerprint density at radius 2 is 2.40 bits per heavy atom. The van der Waals surface area contributed by atoms with Gasteiger partial charge >= 0.3 is 0 Å². The predicted molar refractivity (Wildman–Crippen MR) is 60.8 cm³/mol. The monoisotopic (exact) mass is 272 g/mol. The number of nitrogens with one attached hydrogen (secondary N) is 1. The minimum atomic E-state index is -0.142. The topological polar surface area (TPSA) is 45.5 Å². The van der Waals surface area contributed by atoms with E-state index in [4.69, 9.17) is 4.42 Å². The highest BCUT2D eigenvalue weighted by molar-refractivity contribution is 9.10. The van der Waals surface area contributed by atoms with Crippen molar-refractivity contribution in [2.45, 2.75) is 19.4 Å². The van der Waals surface area contributed by atoms with E-state index < -0.39 is 0 Å². The lowest BCUT2D eigenvalue weighted by molar-refractivity contribution is -0.120. The molecular weight excluding hydrogens is 260 g/mol. The van der Waals surface area contributed by atoms with E-state index in [1.54, 1.807) is 17.0 Å². The maximum atomic E-state index is 11.9. The molecule has 1 atom stereocenters. The molecule has 2 rings (SSSR count). The van der Waals surface area contributed by atoms with Gasteiger partial charge < -0.3 is 9.73 Å². The van der Waals surface area contributed by atoms with Crippen molar-refractivity contribution in [3.8, 4) is 0 Å². The van der Waals surface area contributed by atoms with Gasteiger partial charge in [-0.2, -0.15) is 0 Å². The molecule has 1 amide bonds. The number of carbonyl (C=O) groups is 1. The van der Waals surface area contributed by atoms with E-state index in [0.717, 1.165) is 13.0 Å². The second kappa shape index (κ2) is 4.37. The number of amides is 1. The first-order valence-electron chi connectivity index (χ1n) is 4.98. The summed E-state index contributed by atoms with van der Waals surface area (Å²) in [5.74, 6) is 0.678. The fraction of sp³-hybridized carbons (Fsp3) is 0.500. The average molecular weight is 273 g/mol. The first-order valence-corrected chi connectivity index (χ1v) is 5.78. The average Bonchev–Trinajstić information content (AvgIpc) is 2.56. The minimum Gasteiger partial charge on any atom is -0.433 e. The molecule has 0 aromatic carbocycles. The van der Waals surface area contributed by atoms with Gasteiger partial charge in [0.05, 0.1) is 6.04 Å². The van der Waals surface area contributed by atoms with E-state index in [1.807, 2.05) is 6.92 Å². The molecule has 0 bridgehead atoms. The molecule has 2 heterocycles. The molecule has 1 aromatic rings. The van der Waals surface area contributed by atoms with Gasteiger partial charge in [0.2, 0.25) is 11.8 Å². The highest BCUT2D eigenvalue weighted by Gasteiger charge is 2.25. The van der Waals surface area contributed by atoms with E-state index in [-0.39, 0.29) is 11.9 Å². The SMILES string of the molecule is CC1NCCCN(c2ccc(Br)o2)C1=O. The minimum absolute atomic E-state index is 0.0642. The summed E-state index contributed by atoms with van der Waals surface area (Å²) in [5.41, 5.74) is 0. The Labute approximate surface area is 96.7 Å². The molecule has 5 heteroatoms. The summed E-state index contributed by atoms with van der Waals surface area (Å²) in [5, 5.41) is 3.16. The van der Waals surface area contributed by atoms with Crippen LogP contribution in [0.5, 0.6) is 0 Å². The number of anilines is 1.